The van der Waals surface area contributed by atoms with E-state index in [1.807, 2.05) is 0 Å². The lowest BCUT2D eigenvalue weighted by Crippen LogP contribution is -2.28. The van der Waals surface area contributed by atoms with Gasteiger partial charge in [0.2, 0.25) is 11.8 Å². The number of aromatic nitrogens is 2. The zero-order valence-electron chi connectivity index (χ0n) is 10.4. The van der Waals surface area contributed by atoms with Gasteiger partial charge in [-0.1, -0.05) is 6.92 Å². The highest BCUT2D eigenvalue weighted by Crippen LogP contribution is 2.20. The molecule has 0 saturated carbocycles. The third-order valence-electron chi connectivity index (χ3n) is 3.15. The van der Waals surface area contributed by atoms with Gasteiger partial charge in [-0.2, -0.15) is 5.10 Å². The van der Waals surface area contributed by atoms with E-state index in [0.29, 0.717) is 17.6 Å². The Labute approximate surface area is 100 Å². The number of hydrogen-bond acceptors (Lipinski definition) is 4. The maximum absolute atomic E-state index is 12.0. The zero-order valence-corrected chi connectivity index (χ0v) is 10.4. The van der Waals surface area contributed by atoms with Gasteiger partial charge in [-0.15, -0.1) is 0 Å². The lowest BCUT2D eigenvalue weighted by atomic mass is 9.97. The quantitative estimate of drug-likeness (QED) is 0.790. The van der Waals surface area contributed by atoms with Crippen molar-refractivity contribution in [3.05, 3.63) is 6.07 Å². The maximum Gasteiger partial charge on any atom is 0.230 e. The first-order chi connectivity index (χ1) is 8.11. The second-order valence-corrected chi connectivity index (χ2v) is 4.43. The second-order valence-electron chi connectivity index (χ2n) is 4.43. The predicted molar refractivity (Wildman–Crippen MR) is 63.9 cm³/mol. The number of aryl methyl sites for hydroxylation is 1. The number of rotatable bonds is 3. The maximum atomic E-state index is 12.0. The first-order valence-electron chi connectivity index (χ1n) is 5.71. The molecule has 2 atom stereocenters. The number of carbonyl (C=O) groups excluding carboxylic acids is 1. The van der Waals surface area contributed by atoms with E-state index < -0.39 is 0 Å². The molecule has 0 radical (unpaired) electrons. The summed E-state index contributed by atoms with van der Waals surface area (Å²) in [5, 5.41) is 10.2. The molecule has 0 unspecified atom stereocenters. The van der Waals surface area contributed by atoms with Crippen LogP contribution in [0.15, 0.2) is 6.07 Å². The Morgan fingerprint density at radius 2 is 2.41 bits per heavy atom. The molecule has 0 spiro atoms. The van der Waals surface area contributed by atoms with Crippen LogP contribution in [0.3, 0.4) is 0 Å². The Morgan fingerprint density at radius 1 is 1.65 bits per heavy atom. The highest BCUT2D eigenvalue weighted by atomic mass is 16.5. The van der Waals surface area contributed by atoms with Crippen LogP contribution in [0.25, 0.3) is 0 Å². The highest BCUT2D eigenvalue weighted by molar-refractivity contribution is 5.92. The van der Waals surface area contributed by atoms with Crippen LogP contribution in [0.2, 0.25) is 0 Å². The highest BCUT2D eigenvalue weighted by Gasteiger charge is 2.29. The smallest absolute Gasteiger partial charge is 0.230 e. The lowest BCUT2D eigenvalue weighted by Gasteiger charge is -2.12. The van der Waals surface area contributed by atoms with Gasteiger partial charge in [-0.3, -0.25) is 4.79 Å². The second kappa shape index (κ2) is 4.75. The molecule has 1 fully saturated rings. The first kappa shape index (κ1) is 11.9. The average molecular weight is 238 g/mol. The van der Waals surface area contributed by atoms with Gasteiger partial charge >= 0.3 is 0 Å². The van der Waals surface area contributed by atoms with Gasteiger partial charge in [0.05, 0.1) is 13.0 Å². The molecule has 0 bridgehead atoms. The fraction of sp³-hybridized carbons (Fsp3) is 0.636. The number of amides is 1. The molecule has 94 valence electrons. The summed E-state index contributed by atoms with van der Waals surface area (Å²) in [4.78, 5) is 12.0. The average Bonchev–Trinajstić information content (AvgIpc) is 2.84. The van der Waals surface area contributed by atoms with Crippen molar-refractivity contribution in [2.75, 3.05) is 25.5 Å². The minimum absolute atomic E-state index is 0.0167. The van der Waals surface area contributed by atoms with Crippen LogP contribution in [-0.4, -0.2) is 35.9 Å². The van der Waals surface area contributed by atoms with E-state index in [1.165, 1.54) is 0 Å². The SMILES string of the molecule is COc1cc(NC(=O)[C@@H]2CNC[C@H]2C)nn1C. The standard InChI is InChI=1S/C11H18N4O2/c1-7-5-12-6-8(7)11(16)13-9-4-10(17-3)15(2)14-9/h4,7-8,12H,5-6H2,1-3H3,(H,13,14,16)/t7-,8-/m1/s1. The predicted octanol–water partition coefficient (Wildman–Crippen LogP) is 0.223. The van der Waals surface area contributed by atoms with Crippen molar-refractivity contribution in [1.82, 2.24) is 15.1 Å². The van der Waals surface area contributed by atoms with Crippen LogP contribution in [0.5, 0.6) is 5.88 Å². The van der Waals surface area contributed by atoms with Crippen LogP contribution < -0.4 is 15.4 Å². The number of nitrogens with zero attached hydrogens (tertiary/aromatic N) is 2. The Morgan fingerprint density at radius 3 is 2.94 bits per heavy atom. The molecule has 0 aliphatic carbocycles. The van der Waals surface area contributed by atoms with Gasteiger partial charge in [0.1, 0.15) is 0 Å². The third kappa shape index (κ3) is 2.41. The molecule has 1 aromatic heterocycles. The summed E-state index contributed by atoms with van der Waals surface area (Å²) in [6.45, 7) is 3.70. The number of methoxy groups -OCH3 is 1. The molecule has 1 aromatic rings. The largest absolute Gasteiger partial charge is 0.481 e. The van der Waals surface area contributed by atoms with Crippen molar-refractivity contribution in [3.8, 4) is 5.88 Å². The van der Waals surface area contributed by atoms with E-state index in [2.05, 4.69) is 22.7 Å². The molecule has 1 amide bonds. The normalized spacial score (nSPS) is 23.7. The van der Waals surface area contributed by atoms with E-state index in [4.69, 9.17) is 4.74 Å². The molecule has 2 heterocycles. The van der Waals surface area contributed by atoms with Crippen molar-refractivity contribution in [2.45, 2.75) is 6.92 Å². The molecular weight excluding hydrogens is 220 g/mol. The van der Waals surface area contributed by atoms with Crippen molar-refractivity contribution in [1.29, 1.82) is 0 Å². The Bertz CT molecular complexity index is 416. The molecule has 2 N–H and O–H groups in total. The van der Waals surface area contributed by atoms with Crippen LogP contribution in [0.4, 0.5) is 5.82 Å². The molecule has 1 saturated heterocycles. The van der Waals surface area contributed by atoms with Crippen molar-refractivity contribution in [2.24, 2.45) is 18.9 Å². The Hall–Kier alpha value is -1.56. The van der Waals surface area contributed by atoms with Crippen LogP contribution in [-0.2, 0) is 11.8 Å². The van der Waals surface area contributed by atoms with Gasteiger partial charge in [0.15, 0.2) is 5.82 Å². The Balaban J connectivity index is 2.02. The summed E-state index contributed by atoms with van der Waals surface area (Å²) in [5.74, 6) is 1.55. The number of ether oxygens (including phenoxy) is 1. The zero-order chi connectivity index (χ0) is 12.4. The Kier molecular flexibility index (Phi) is 3.33. The van der Waals surface area contributed by atoms with Crippen molar-refractivity contribution in [3.63, 3.8) is 0 Å². The topological polar surface area (TPSA) is 68.2 Å². The number of hydrogen-bond donors (Lipinski definition) is 2. The molecular formula is C11H18N4O2. The van der Waals surface area contributed by atoms with Crippen molar-refractivity contribution < 1.29 is 9.53 Å². The summed E-state index contributed by atoms with van der Waals surface area (Å²) in [5.41, 5.74) is 0. The molecule has 17 heavy (non-hydrogen) atoms. The minimum Gasteiger partial charge on any atom is -0.481 e. The van der Waals surface area contributed by atoms with Crippen molar-refractivity contribution >= 4 is 11.7 Å². The molecule has 2 rings (SSSR count). The first-order valence-corrected chi connectivity index (χ1v) is 5.71. The third-order valence-corrected chi connectivity index (χ3v) is 3.15. The van der Waals surface area contributed by atoms with Crippen LogP contribution in [0.1, 0.15) is 6.92 Å². The number of anilines is 1. The van der Waals surface area contributed by atoms with E-state index >= 15 is 0 Å². The summed E-state index contributed by atoms with van der Waals surface area (Å²) in [6, 6.07) is 1.71. The van der Waals surface area contributed by atoms with Gasteiger partial charge in [-0.25, -0.2) is 4.68 Å². The van der Waals surface area contributed by atoms with Gasteiger partial charge in [-0.05, 0) is 12.5 Å². The lowest BCUT2D eigenvalue weighted by molar-refractivity contribution is -0.120. The number of carbonyl (C=O) groups is 1. The van der Waals surface area contributed by atoms with Crippen LogP contribution >= 0.6 is 0 Å². The van der Waals surface area contributed by atoms with E-state index in [0.717, 1.165) is 13.1 Å². The molecule has 1 aliphatic rings. The van der Waals surface area contributed by atoms with Crippen LogP contribution in [0, 0.1) is 11.8 Å². The molecule has 1 aliphatic heterocycles. The summed E-state index contributed by atoms with van der Waals surface area (Å²) in [7, 11) is 3.35. The summed E-state index contributed by atoms with van der Waals surface area (Å²) >= 11 is 0. The van der Waals surface area contributed by atoms with E-state index in [-0.39, 0.29) is 11.8 Å². The molecule has 6 heteroatoms. The van der Waals surface area contributed by atoms with E-state index in [1.54, 1.807) is 24.9 Å². The number of nitrogens with one attached hydrogen (secondary N) is 2. The summed E-state index contributed by atoms with van der Waals surface area (Å²) < 4.78 is 6.68. The van der Waals surface area contributed by atoms with Gasteiger partial charge < -0.3 is 15.4 Å². The summed E-state index contributed by atoms with van der Waals surface area (Å²) in [6.07, 6.45) is 0. The molecule has 0 aromatic carbocycles. The fourth-order valence-corrected chi connectivity index (χ4v) is 2.08. The van der Waals surface area contributed by atoms with Gasteiger partial charge in [0, 0.05) is 19.7 Å². The minimum atomic E-state index is 0.0167. The van der Waals surface area contributed by atoms with E-state index in [9.17, 15) is 4.79 Å². The monoisotopic (exact) mass is 238 g/mol. The fourth-order valence-electron chi connectivity index (χ4n) is 2.08. The van der Waals surface area contributed by atoms with Gasteiger partial charge in [0.25, 0.3) is 0 Å². The molecule has 6 nitrogen and oxygen atoms in total.